The average Bonchev–Trinajstić information content (AvgIpc) is 3.71. The highest BCUT2D eigenvalue weighted by Crippen LogP contribution is 2.08. The molecule has 210 valence electrons. The summed E-state index contributed by atoms with van der Waals surface area (Å²) in [4.78, 5) is 71.7. The highest BCUT2D eigenvalue weighted by molar-refractivity contribution is 5.94. The van der Waals surface area contributed by atoms with E-state index in [1.807, 2.05) is 13.8 Å². The van der Waals surface area contributed by atoms with Crippen LogP contribution >= 0.6 is 0 Å². The fraction of sp³-hybridized carbons (Fsp3) is 0.458. The lowest BCUT2D eigenvalue weighted by molar-refractivity contribution is -0.142. The van der Waals surface area contributed by atoms with Gasteiger partial charge in [0.25, 0.3) is 0 Å². The normalized spacial score (nSPS) is 14.9. The highest BCUT2D eigenvalue weighted by atomic mass is 16.4. The first-order chi connectivity index (χ1) is 18.7. The summed E-state index contributed by atoms with van der Waals surface area (Å²) in [5.74, 6) is -3.28. The Bertz CT molecular complexity index is 1200. The van der Waals surface area contributed by atoms with Crippen LogP contribution in [0.25, 0.3) is 0 Å². The third-order valence-electron chi connectivity index (χ3n) is 6.38. The number of carboxylic acid groups (broad SMARTS) is 1. The van der Waals surface area contributed by atoms with Gasteiger partial charge < -0.3 is 41.7 Å². The molecule has 15 nitrogen and oxygen atoms in total. The SMILES string of the molecule is CCC(C)C(N)C(=O)NC(Cc1cnc[nH]1)C(=O)NC(Cc1cnc[nH]1)C(=O)NC(Cc1cnc[nH]1)C(=O)O. The number of carbonyl (C=O) groups is 4. The van der Waals surface area contributed by atoms with Gasteiger partial charge in [-0.05, 0) is 5.92 Å². The van der Waals surface area contributed by atoms with Crippen molar-refractivity contribution in [1.82, 2.24) is 45.9 Å². The number of aromatic amines is 3. The zero-order valence-corrected chi connectivity index (χ0v) is 21.7. The van der Waals surface area contributed by atoms with Crippen LogP contribution in [0.1, 0.15) is 37.4 Å². The van der Waals surface area contributed by atoms with Crippen LogP contribution in [0.15, 0.2) is 37.6 Å². The van der Waals surface area contributed by atoms with Gasteiger partial charge in [0.1, 0.15) is 18.1 Å². The Hall–Kier alpha value is -4.53. The van der Waals surface area contributed by atoms with Gasteiger partial charge in [0.2, 0.25) is 17.7 Å². The molecule has 0 aliphatic carbocycles. The van der Waals surface area contributed by atoms with Crippen molar-refractivity contribution in [3.05, 3.63) is 54.7 Å². The molecule has 5 unspecified atom stereocenters. The molecular formula is C24H34N10O5. The number of nitrogens with two attached hydrogens (primary N) is 1. The number of nitrogens with one attached hydrogen (secondary N) is 6. The summed E-state index contributed by atoms with van der Waals surface area (Å²) in [7, 11) is 0. The molecule has 3 aromatic heterocycles. The molecule has 15 heteroatoms. The largest absolute Gasteiger partial charge is 0.480 e. The summed E-state index contributed by atoms with van der Waals surface area (Å²) < 4.78 is 0. The van der Waals surface area contributed by atoms with Gasteiger partial charge in [-0.15, -0.1) is 0 Å². The maximum Gasteiger partial charge on any atom is 0.326 e. The Kier molecular flexibility index (Phi) is 10.3. The zero-order chi connectivity index (χ0) is 28.4. The van der Waals surface area contributed by atoms with Crippen molar-refractivity contribution >= 4 is 23.7 Å². The molecule has 3 rings (SSSR count). The van der Waals surface area contributed by atoms with Crippen molar-refractivity contribution in [2.75, 3.05) is 0 Å². The van der Waals surface area contributed by atoms with Gasteiger partial charge >= 0.3 is 5.97 Å². The molecule has 3 aromatic rings. The molecule has 5 atom stereocenters. The first kappa shape index (κ1) is 29.0. The minimum Gasteiger partial charge on any atom is -0.480 e. The van der Waals surface area contributed by atoms with Crippen LogP contribution in [0.5, 0.6) is 0 Å². The molecule has 0 saturated heterocycles. The lowest BCUT2D eigenvalue weighted by Crippen LogP contribution is -2.58. The second-order valence-corrected chi connectivity index (χ2v) is 9.28. The van der Waals surface area contributed by atoms with E-state index in [1.165, 1.54) is 37.6 Å². The Morgan fingerprint density at radius 3 is 1.51 bits per heavy atom. The fourth-order valence-corrected chi connectivity index (χ4v) is 3.79. The lowest BCUT2D eigenvalue weighted by Gasteiger charge is -2.26. The topological polar surface area (TPSA) is 237 Å². The third-order valence-corrected chi connectivity index (χ3v) is 6.38. The molecule has 0 aliphatic rings. The van der Waals surface area contributed by atoms with Crippen molar-refractivity contribution in [2.24, 2.45) is 11.7 Å². The summed E-state index contributed by atoms with van der Waals surface area (Å²) in [6, 6.07) is -4.40. The minimum absolute atomic E-state index is 0.00885. The number of aromatic nitrogens is 6. The van der Waals surface area contributed by atoms with Crippen molar-refractivity contribution < 1.29 is 24.3 Å². The molecule has 0 aliphatic heterocycles. The summed E-state index contributed by atoms with van der Waals surface area (Å²) in [6.45, 7) is 3.74. The molecule has 3 amide bonds. The Labute approximate surface area is 224 Å². The summed E-state index contributed by atoms with van der Waals surface area (Å²) in [5.41, 5.74) is 7.69. The van der Waals surface area contributed by atoms with Crippen LogP contribution in [-0.4, -0.2) is 82.9 Å². The van der Waals surface area contributed by atoms with Crippen molar-refractivity contribution in [2.45, 2.75) is 63.7 Å². The second-order valence-electron chi connectivity index (χ2n) is 9.28. The van der Waals surface area contributed by atoms with Gasteiger partial charge in [-0.2, -0.15) is 0 Å². The third kappa shape index (κ3) is 8.49. The number of imidazole rings is 3. The van der Waals surface area contributed by atoms with E-state index >= 15 is 0 Å². The molecule has 0 fully saturated rings. The van der Waals surface area contributed by atoms with Crippen LogP contribution in [0, 0.1) is 5.92 Å². The van der Waals surface area contributed by atoms with Crippen LogP contribution in [0.3, 0.4) is 0 Å². The average molecular weight is 543 g/mol. The Morgan fingerprint density at radius 2 is 1.15 bits per heavy atom. The van der Waals surface area contributed by atoms with E-state index in [0.29, 0.717) is 23.5 Å². The molecule has 0 spiro atoms. The molecule has 0 saturated carbocycles. The number of aliphatic carboxylic acids is 1. The van der Waals surface area contributed by atoms with Crippen LogP contribution < -0.4 is 21.7 Å². The Morgan fingerprint density at radius 1 is 0.769 bits per heavy atom. The number of hydrogen-bond donors (Lipinski definition) is 8. The smallest absolute Gasteiger partial charge is 0.326 e. The van der Waals surface area contributed by atoms with Crippen LogP contribution in [0.4, 0.5) is 0 Å². The first-order valence-electron chi connectivity index (χ1n) is 12.5. The molecule has 0 aromatic carbocycles. The number of carbonyl (C=O) groups excluding carboxylic acids is 3. The maximum atomic E-state index is 13.4. The van der Waals surface area contributed by atoms with E-state index in [-0.39, 0.29) is 25.2 Å². The van der Waals surface area contributed by atoms with E-state index < -0.39 is 47.9 Å². The molecule has 3 heterocycles. The number of carboxylic acids is 1. The monoisotopic (exact) mass is 542 g/mol. The maximum absolute atomic E-state index is 13.4. The standard InChI is InChI=1S/C24H34N10O5/c1-3-13(2)20(25)23(37)33-18(5-15-8-27-11-30-15)21(35)32-17(4-14-7-26-10-29-14)22(36)34-19(24(38)39)6-16-9-28-12-31-16/h7-13,17-20H,3-6,25H2,1-2H3,(H,26,29)(H,27,30)(H,28,31)(H,32,35)(H,33,37)(H,34,36)(H,38,39). The predicted molar refractivity (Wildman–Crippen MR) is 138 cm³/mol. The highest BCUT2D eigenvalue weighted by Gasteiger charge is 2.32. The molecule has 39 heavy (non-hydrogen) atoms. The van der Waals surface area contributed by atoms with Gasteiger partial charge in [-0.25, -0.2) is 19.7 Å². The van der Waals surface area contributed by atoms with Crippen LogP contribution in [0.2, 0.25) is 0 Å². The van der Waals surface area contributed by atoms with E-state index in [0.717, 1.165) is 0 Å². The lowest BCUT2D eigenvalue weighted by atomic mass is 9.98. The zero-order valence-electron chi connectivity index (χ0n) is 21.7. The number of nitrogens with zero attached hydrogens (tertiary/aromatic N) is 3. The fourth-order valence-electron chi connectivity index (χ4n) is 3.79. The van der Waals surface area contributed by atoms with Gasteiger partial charge in [0.05, 0.1) is 25.0 Å². The molecular weight excluding hydrogens is 508 g/mol. The van der Waals surface area contributed by atoms with Gasteiger partial charge in [-0.1, -0.05) is 20.3 Å². The van der Waals surface area contributed by atoms with Gasteiger partial charge in [-0.3, -0.25) is 14.4 Å². The van der Waals surface area contributed by atoms with E-state index in [9.17, 15) is 24.3 Å². The van der Waals surface area contributed by atoms with Gasteiger partial charge in [0, 0.05) is 54.9 Å². The van der Waals surface area contributed by atoms with Crippen molar-refractivity contribution in [1.29, 1.82) is 0 Å². The van der Waals surface area contributed by atoms with Crippen molar-refractivity contribution in [3.63, 3.8) is 0 Å². The second kappa shape index (κ2) is 13.9. The Balaban J connectivity index is 1.79. The van der Waals surface area contributed by atoms with E-state index in [4.69, 9.17) is 5.73 Å². The minimum atomic E-state index is -1.28. The summed E-state index contributed by atoms with van der Waals surface area (Å²) in [6.07, 6.45) is 9.39. The van der Waals surface area contributed by atoms with Gasteiger partial charge in [0.15, 0.2) is 0 Å². The first-order valence-corrected chi connectivity index (χ1v) is 12.5. The van der Waals surface area contributed by atoms with E-state index in [2.05, 4.69) is 45.9 Å². The number of rotatable bonds is 15. The number of amides is 3. The van der Waals surface area contributed by atoms with E-state index in [1.54, 1.807) is 0 Å². The predicted octanol–water partition coefficient (Wildman–Crippen LogP) is -1.20. The summed E-state index contributed by atoms with van der Waals surface area (Å²) >= 11 is 0. The molecule has 9 N–H and O–H groups in total. The molecule has 0 bridgehead atoms. The molecule has 0 radical (unpaired) electrons. The van der Waals surface area contributed by atoms with Crippen LogP contribution in [-0.2, 0) is 38.4 Å². The number of hydrogen-bond acceptors (Lipinski definition) is 8. The number of H-pyrrole nitrogens is 3. The van der Waals surface area contributed by atoms with Crippen molar-refractivity contribution in [3.8, 4) is 0 Å². The quantitative estimate of drug-likeness (QED) is 0.115. The summed E-state index contributed by atoms with van der Waals surface area (Å²) in [5, 5.41) is 17.5.